The Labute approximate surface area is 227 Å². The van der Waals surface area contributed by atoms with Crippen LogP contribution >= 0.6 is 0 Å². The minimum absolute atomic E-state index is 0.242. The van der Waals surface area contributed by atoms with Crippen LogP contribution in [0.4, 0.5) is 23.1 Å². The van der Waals surface area contributed by atoms with Crippen molar-refractivity contribution in [1.29, 1.82) is 5.26 Å². The van der Waals surface area contributed by atoms with Crippen LogP contribution < -0.4 is 20.3 Å². The zero-order chi connectivity index (χ0) is 28.1. The molecule has 4 rings (SSSR count). The van der Waals surface area contributed by atoms with Gasteiger partial charge >= 0.3 is 0 Å². The standard InChI is InChI=1S/C28H31N9O2/c1-7-24(38)31-21-14-22(27(39-6)34-26(21)36(4)13-12-35(2)3)32-28-30-16-18(15-29)25(33-28)20-17-37(5)23-11-9-8-10-19(20)23/h7-11,14,16-17H,1,12-13H2,2-6H3,(H,31,38)(H,30,32,33). The van der Waals surface area contributed by atoms with E-state index in [1.807, 2.05) is 68.1 Å². The SMILES string of the molecule is C=CC(=O)Nc1cc(Nc2ncc(C#N)c(-c3cn(C)c4ccccc34)n2)c(OC)nc1N(C)CCN(C)C. The van der Waals surface area contributed by atoms with Crippen molar-refractivity contribution in [1.82, 2.24) is 24.4 Å². The number of pyridine rings is 1. The summed E-state index contributed by atoms with van der Waals surface area (Å²) < 4.78 is 7.58. The van der Waals surface area contributed by atoms with Crippen LogP contribution in [0.25, 0.3) is 22.2 Å². The Hall–Kier alpha value is -4.95. The summed E-state index contributed by atoms with van der Waals surface area (Å²) >= 11 is 0. The molecule has 0 saturated heterocycles. The predicted octanol–water partition coefficient (Wildman–Crippen LogP) is 3.78. The van der Waals surface area contributed by atoms with Crippen molar-refractivity contribution < 1.29 is 9.53 Å². The highest BCUT2D eigenvalue weighted by Gasteiger charge is 2.20. The molecule has 1 amide bonds. The summed E-state index contributed by atoms with van der Waals surface area (Å²) in [5.41, 5.74) is 3.59. The summed E-state index contributed by atoms with van der Waals surface area (Å²) in [6, 6.07) is 11.8. The van der Waals surface area contributed by atoms with E-state index < -0.39 is 0 Å². The van der Waals surface area contributed by atoms with Gasteiger partial charge in [0, 0.05) is 49.8 Å². The van der Waals surface area contributed by atoms with Gasteiger partial charge in [-0.25, -0.2) is 9.97 Å². The van der Waals surface area contributed by atoms with Gasteiger partial charge in [-0.3, -0.25) is 4.79 Å². The van der Waals surface area contributed by atoms with E-state index in [1.54, 1.807) is 6.07 Å². The van der Waals surface area contributed by atoms with Crippen LogP contribution in [-0.2, 0) is 11.8 Å². The van der Waals surface area contributed by atoms with Gasteiger partial charge in [0.05, 0.1) is 30.3 Å². The number of carbonyl (C=O) groups excluding carboxylic acids is 1. The maximum absolute atomic E-state index is 12.2. The highest BCUT2D eigenvalue weighted by atomic mass is 16.5. The number of hydrogen-bond donors (Lipinski definition) is 2. The third-order valence-electron chi connectivity index (χ3n) is 6.16. The first-order valence-electron chi connectivity index (χ1n) is 12.2. The second-order valence-corrected chi connectivity index (χ2v) is 9.20. The van der Waals surface area contributed by atoms with Crippen LogP contribution in [0.1, 0.15) is 5.56 Å². The topological polar surface area (TPSA) is 124 Å². The monoisotopic (exact) mass is 525 g/mol. The molecular weight excluding hydrogens is 494 g/mol. The van der Waals surface area contributed by atoms with Gasteiger partial charge in [0.25, 0.3) is 0 Å². The number of aromatic nitrogens is 4. The van der Waals surface area contributed by atoms with Gasteiger partial charge in [0.15, 0.2) is 5.82 Å². The Balaban J connectivity index is 1.77. The summed E-state index contributed by atoms with van der Waals surface area (Å²) in [6.07, 6.45) is 4.62. The van der Waals surface area contributed by atoms with E-state index in [1.165, 1.54) is 19.4 Å². The number of nitrogens with one attached hydrogen (secondary N) is 2. The number of aryl methyl sites for hydroxylation is 1. The Morgan fingerprint density at radius 2 is 1.97 bits per heavy atom. The summed E-state index contributed by atoms with van der Waals surface area (Å²) in [4.78, 5) is 29.9. The van der Waals surface area contributed by atoms with E-state index in [9.17, 15) is 10.1 Å². The van der Waals surface area contributed by atoms with E-state index in [2.05, 4.69) is 38.1 Å². The number of amides is 1. The lowest BCUT2D eigenvalue weighted by molar-refractivity contribution is -0.111. The molecule has 0 saturated carbocycles. The van der Waals surface area contributed by atoms with Crippen LogP contribution in [0.3, 0.4) is 0 Å². The highest BCUT2D eigenvalue weighted by Crippen LogP contribution is 2.36. The molecule has 0 unspecified atom stereocenters. The van der Waals surface area contributed by atoms with Crippen molar-refractivity contribution in [3.63, 3.8) is 0 Å². The molecule has 11 nitrogen and oxygen atoms in total. The first-order chi connectivity index (χ1) is 18.7. The number of benzene rings is 1. The average molecular weight is 526 g/mol. The number of anilines is 4. The minimum atomic E-state index is -0.372. The summed E-state index contributed by atoms with van der Waals surface area (Å²) in [6.45, 7) is 5.00. The number of nitriles is 1. The molecular formula is C28H31N9O2. The summed E-state index contributed by atoms with van der Waals surface area (Å²) in [7, 11) is 9.33. The van der Waals surface area contributed by atoms with Gasteiger partial charge < -0.3 is 29.7 Å². The molecule has 0 aliphatic rings. The Morgan fingerprint density at radius 3 is 2.67 bits per heavy atom. The van der Waals surface area contributed by atoms with Crippen molar-refractivity contribution in [2.45, 2.75) is 0 Å². The Morgan fingerprint density at radius 1 is 1.21 bits per heavy atom. The van der Waals surface area contributed by atoms with E-state index in [0.717, 1.165) is 23.0 Å². The number of methoxy groups -OCH3 is 1. The molecule has 11 heteroatoms. The zero-order valence-electron chi connectivity index (χ0n) is 22.7. The molecule has 0 bridgehead atoms. The van der Waals surface area contributed by atoms with Crippen molar-refractivity contribution in [3.05, 3.63) is 60.9 Å². The van der Waals surface area contributed by atoms with Crippen LogP contribution in [0.5, 0.6) is 5.88 Å². The summed E-state index contributed by atoms with van der Waals surface area (Å²) in [5.74, 6) is 0.694. The van der Waals surface area contributed by atoms with Crippen molar-refractivity contribution >= 4 is 40.0 Å². The molecule has 0 atom stereocenters. The van der Waals surface area contributed by atoms with Gasteiger partial charge in [-0.15, -0.1) is 0 Å². The average Bonchev–Trinajstić information content (AvgIpc) is 3.28. The third-order valence-corrected chi connectivity index (χ3v) is 6.16. The number of carbonyl (C=O) groups is 1. The fourth-order valence-corrected chi connectivity index (χ4v) is 4.14. The molecule has 3 heterocycles. The molecule has 0 fully saturated rings. The van der Waals surface area contributed by atoms with Crippen molar-refractivity contribution in [2.75, 3.05) is 56.9 Å². The summed E-state index contributed by atoms with van der Waals surface area (Å²) in [5, 5.41) is 16.7. The lowest BCUT2D eigenvalue weighted by atomic mass is 10.1. The zero-order valence-corrected chi connectivity index (χ0v) is 22.7. The number of fused-ring (bicyclic) bond motifs is 1. The van der Waals surface area contributed by atoms with Crippen LogP contribution in [-0.4, -0.2) is 71.7 Å². The van der Waals surface area contributed by atoms with Gasteiger partial charge in [0.1, 0.15) is 11.8 Å². The number of rotatable bonds is 10. The molecule has 1 aromatic carbocycles. The maximum Gasteiger partial charge on any atom is 0.247 e. The quantitative estimate of drug-likeness (QED) is 0.298. The number of para-hydroxylation sites is 1. The number of likely N-dealkylation sites (N-methyl/N-ethyl adjacent to an activating group) is 2. The van der Waals surface area contributed by atoms with Gasteiger partial charge in [-0.2, -0.15) is 10.2 Å². The normalized spacial score (nSPS) is 10.8. The second kappa shape index (κ2) is 11.6. The van der Waals surface area contributed by atoms with Crippen LogP contribution in [0.15, 0.2) is 55.4 Å². The maximum atomic E-state index is 12.2. The third kappa shape index (κ3) is 5.81. The van der Waals surface area contributed by atoms with E-state index >= 15 is 0 Å². The fourth-order valence-electron chi connectivity index (χ4n) is 4.14. The van der Waals surface area contributed by atoms with E-state index in [0.29, 0.717) is 35.0 Å². The lowest BCUT2D eigenvalue weighted by Gasteiger charge is -2.24. The van der Waals surface area contributed by atoms with Gasteiger partial charge in [-0.1, -0.05) is 24.8 Å². The first-order valence-corrected chi connectivity index (χ1v) is 12.2. The second-order valence-electron chi connectivity index (χ2n) is 9.20. The van der Waals surface area contributed by atoms with Crippen LogP contribution in [0.2, 0.25) is 0 Å². The number of nitrogens with zero attached hydrogens (tertiary/aromatic N) is 7. The molecule has 2 N–H and O–H groups in total. The highest BCUT2D eigenvalue weighted by molar-refractivity contribution is 6.01. The van der Waals surface area contributed by atoms with Crippen molar-refractivity contribution in [3.8, 4) is 23.2 Å². The minimum Gasteiger partial charge on any atom is -0.479 e. The lowest BCUT2D eigenvalue weighted by Crippen LogP contribution is -2.30. The molecule has 0 spiro atoms. The van der Waals surface area contributed by atoms with Gasteiger partial charge in [-0.05, 0) is 32.3 Å². The first kappa shape index (κ1) is 27.1. The molecule has 39 heavy (non-hydrogen) atoms. The fraction of sp³-hybridized carbons (Fsp3) is 0.250. The van der Waals surface area contributed by atoms with Crippen molar-refractivity contribution in [2.24, 2.45) is 7.05 Å². The van der Waals surface area contributed by atoms with Crippen LogP contribution in [0, 0.1) is 11.3 Å². The molecule has 0 aliphatic heterocycles. The molecule has 3 aromatic heterocycles. The predicted molar refractivity (Wildman–Crippen MR) is 153 cm³/mol. The number of hydrogen-bond acceptors (Lipinski definition) is 9. The largest absolute Gasteiger partial charge is 0.479 e. The smallest absolute Gasteiger partial charge is 0.247 e. The Kier molecular flexibility index (Phi) is 8.07. The molecule has 200 valence electrons. The number of ether oxygens (including phenoxy) is 1. The molecule has 0 aliphatic carbocycles. The van der Waals surface area contributed by atoms with Gasteiger partial charge in [0.2, 0.25) is 17.7 Å². The van der Waals surface area contributed by atoms with E-state index in [-0.39, 0.29) is 17.7 Å². The molecule has 0 radical (unpaired) electrons. The molecule has 4 aromatic rings. The van der Waals surface area contributed by atoms with E-state index in [4.69, 9.17) is 9.72 Å². The Bertz CT molecular complexity index is 1570.